The van der Waals surface area contributed by atoms with Crippen LogP contribution in [0.25, 0.3) is 0 Å². The van der Waals surface area contributed by atoms with Crippen LogP contribution in [-0.4, -0.2) is 56.7 Å². The molecule has 0 unspecified atom stereocenters. The van der Waals surface area contributed by atoms with Gasteiger partial charge in [0, 0.05) is 57.2 Å². The maximum atomic E-state index is 13.1. The van der Waals surface area contributed by atoms with Gasteiger partial charge < -0.3 is 14.4 Å². The van der Waals surface area contributed by atoms with Crippen molar-refractivity contribution >= 4 is 11.6 Å². The van der Waals surface area contributed by atoms with Gasteiger partial charge in [0.15, 0.2) is 0 Å². The Kier molecular flexibility index (Phi) is 4.86. The van der Waals surface area contributed by atoms with Crippen molar-refractivity contribution in [1.29, 1.82) is 0 Å². The summed E-state index contributed by atoms with van der Waals surface area (Å²) < 4.78 is 2.05. The van der Waals surface area contributed by atoms with Crippen LogP contribution in [-0.2, 0) is 13.0 Å². The van der Waals surface area contributed by atoms with Crippen LogP contribution in [0.5, 0.6) is 0 Å². The first kappa shape index (κ1) is 17.0. The van der Waals surface area contributed by atoms with E-state index in [2.05, 4.69) is 33.1 Å². The Morgan fingerprint density at radius 1 is 1.00 bits per heavy atom. The van der Waals surface area contributed by atoms with Gasteiger partial charge in [-0.3, -0.25) is 9.78 Å². The van der Waals surface area contributed by atoms with Gasteiger partial charge in [-0.15, -0.1) is 10.2 Å². The van der Waals surface area contributed by atoms with Crippen molar-refractivity contribution in [3.8, 4) is 0 Å². The number of carbonyl (C=O) groups excluding carboxylic acids is 1. The first-order valence-corrected chi connectivity index (χ1v) is 9.61. The van der Waals surface area contributed by atoms with Crippen LogP contribution >= 0.6 is 0 Å². The van der Waals surface area contributed by atoms with E-state index in [0.29, 0.717) is 12.4 Å². The molecule has 0 spiro atoms. The molecule has 0 N–H and O–H groups in total. The maximum absolute atomic E-state index is 13.1. The summed E-state index contributed by atoms with van der Waals surface area (Å²) in [5.41, 5.74) is 2.39. The van der Waals surface area contributed by atoms with Crippen molar-refractivity contribution in [2.45, 2.75) is 45.6 Å². The molecule has 0 aliphatic carbocycles. The lowest BCUT2D eigenvalue weighted by molar-refractivity contribution is 0.0749. The molecule has 2 aliphatic rings. The molecular formula is C19H26N6O. The highest BCUT2D eigenvalue weighted by atomic mass is 16.2. The number of amides is 1. The fraction of sp³-hybridized carbons (Fsp3) is 0.579. The number of fused-ring (bicyclic) bond motifs is 1. The van der Waals surface area contributed by atoms with E-state index in [1.54, 1.807) is 0 Å². The lowest BCUT2D eigenvalue weighted by Crippen LogP contribution is -2.37. The number of carbonyl (C=O) groups is 1. The van der Waals surface area contributed by atoms with Gasteiger partial charge in [-0.2, -0.15) is 0 Å². The van der Waals surface area contributed by atoms with Crippen molar-refractivity contribution in [2.75, 3.05) is 31.1 Å². The van der Waals surface area contributed by atoms with Gasteiger partial charge in [0.25, 0.3) is 5.91 Å². The minimum Gasteiger partial charge on any atom is -0.369 e. The van der Waals surface area contributed by atoms with Crippen LogP contribution in [0.3, 0.4) is 0 Å². The topological polar surface area (TPSA) is 67.2 Å². The van der Waals surface area contributed by atoms with Crippen molar-refractivity contribution in [3.63, 3.8) is 0 Å². The second kappa shape index (κ2) is 7.43. The lowest BCUT2D eigenvalue weighted by Gasteiger charge is -2.25. The second-order valence-corrected chi connectivity index (χ2v) is 7.20. The van der Waals surface area contributed by atoms with E-state index >= 15 is 0 Å². The average molecular weight is 354 g/mol. The highest BCUT2D eigenvalue weighted by Crippen LogP contribution is 2.21. The van der Waals surface area contributed by atoms with E-state index in [1.165, 1.54) is 17.7 Å². The van der Waals surface area contributed by atoms with Crippen LogP contribution < -0.4 is 4.90 Å². The number of hydrogen-bond donors (Lipinski definition) is 0. The summed E-state index contributed by atoms with van der Waals surface area (Å²) in [5, 5.41) is 8.51. The van der Waals surface area contributed by atoms with Gasteiger partial charge in [0.2, 0.25) is 5.82 Å². The van der Waals surface area contributed by atoms with Crippen molar-refractivity contribution in [2.24, 2.45) is 0 Å². The number of hydrogen-bond acceptors (Lipinski definition) is 5. The van der Waals surface area contributed by atoms with Gasteiger partial charge in [-0.05, 0) is 37.8 Å². The predicted octanol–water partition coefficient (Wildman–Crippen LogP) is 2.06. The molecule has 2 aromatic heterocycles. The summed E-state index contributed by atoms with van der Waals surface area (Å²) >= 11 is 0. The quantitative estimate of drug-likeness (QED) is 0.826. The van der Waals surface area contributed by atoms with Gasteiger partial charge in [0.05, 0.1) is 0 Å². The number of aryl methyl sites for hydroxylation is 2. The minimum absolute atomic E-state index is 0.0268. The standard InChI is InChI=1S/C19H26N6O/c1-15-14-20-8-7-16(15)23-9-5-10-24(13-12-23)19(26)18-22-21-17-6-3-2-4-11-25(17)18/h7-8,14H,2-6,9-13H2,1H3. The molecule has 1 amide bonds. The molecule has 26 heavy (non-hydrogen) atoms. The second-order valence-electron chi connectivity index (χ2n) is 7.20. The molecule has 0 radical (unpaired) electrons. The van der Waals surface area contributed by atoms with Gasteiger partial charge >= 0.3 is 0 Å². The maximum Gasteiger partial charge on any atom is 0.291 e. The zero-order valence-corrected chi connectivity index (χ0v) is 15.4. The van der Waals surface area contributed by atoms with Crippen LogP contribution in [0.2, 0.25) is 0 Å². The average Bonchev–Trinajstić information content (AvgIpc) is 2.83. The molecular weight excluding hydrogens is 328 g/mol. The molecule has 2 aromatic rings. The van der Waals surface area contributed by atoms with Crippen LogP contribution in [0, 0.1) is 6.92 Å². The molecule has 0 bridgehead atoms. The molecule has 0 atom stereocenters. The van der Waals surface area contributed by atoms with E-state index in [-0.39, 0.29) is 5.91 Å². The first-order chi connectivity index (χ1) is 12.7. The Morgan fingerprint density at radius 3 is 2.81 bits per heavy atom. The van der Waals surface area contributed by atoms with Crippen molar-refractivity contribution in [3.05, 3.63) is 35.7 Å². The summed E-state index contributed by atoms with van der Waals surface area (Å²) in [5.74, 6) is 1.52. The summed E-state index contributed by atoms with van der Waals surface area (Å²) in [7, 11) is 0. The number of anilines is 1. The lowest BCUT2D eigenvalue weighted by atomic mass is 10.2. The van der Waals surface area contributed by atoms with Gasteiger partial charge in [0.1, 0.15) is 5.82 Å². The van der Waals surface area contributed by atoms with E-state index in [0.717, 1.165) is 57.7 Å². The highest BCUT2D eigenvalue weighted by Gasteiger charge is 2.26. The molecule has 4 rings (SSSR count). The Morgan fingerprint density at radius 2 is 1.92 bits per heavy atom. The molecule has 0 aromatic carbocycles. The molecule has 7 heteroatoms. The third-order valence-electron chi connectivity index (χ3n) is 5.42. The van der Waals surface area contributed by atoms with E-state index in [1.807, 2.05) is 21.9 Å². The Labute approximate surface area is 154 Å². The Hall–Kier alpha value is -2.44. The zero-order valence-electron chi connectivity index (χ0n) is 15.4. The smallest absolute Gasteiger partial charge is 0.291 e. The monoisotopic (exact) mass is 354 g/mol. The summed E-state index contributed by atoms with van der Waals surface area (Å²) in [4.78, 5) is 21.6. The third kappa shape index (κ3) is 3.30. The third-order valence-corrected chi connectivity index (χ3v) is 5.42. The van der Waals surface area contributed by atoms with Crippen molar-refractivity contribution in [1.82, 2.24) is 24.6 Å². The Balaban J connectivity index is 1.48. The fourth-order valence-corrected chi connectivity index (χ4v) is 3.97. The SMILES string of the molecule is Cc1cnccc1N1CCCN(C(=O)c2nnc3n2CCCCC3)CC1. The van der Waals surface area contributed by atoms with Gasteiger partial charge in [-0.1, -0.05) is 6.42 Å². The first-order valence-electron chi connectivity index (χ1n) is 9.61. The fourth-order valence-electron chi connectivity index (χ4n) is 3.97. The number of nitrogens with zero attached hydrogens (tertiary/aromatic N) is 6. The number of rotatable bonds is 2. The molecule has 4 heterocycles. The zero-order chi connectivity index (χ0) is 17.9. The molecule has 7 nitrogen and oxygen atoms in total. The molecule has 1 fully saturated rings. The highest BCUT2D eigenvalue weighted by molar-refractivity contribution is 5.90. The van der Waals surface area contributed by atoms with E-state index in [9.17, 15) is 4.79 Å². The normalized spacial score (nSPS) is 18.2. The van der Waals surface area contributed by atoms with Crippen LogP contribution in [0.15, 0.2) is 18.5 Å². The van der Waals surface area contributed by atoms with E-state index in [4.69, 9.17) is 0 Å². The minimum atomic E-state index is 0.0268. The van der Waals surface area contributed by atoms with Crippen molar-refractivity contribution < 1.29 is 4.79 Å². The Bertz CT molecular complexity index is 786. The van der Waals surface area contributed by atoms with Crippen LogP contribution in [0.1, 0.15) is 47.7 Å². The van der Waals surface area contributed by atoms with E-state index < -0.39 is 0 Å². The molecule has 138 valence electrons. The summed E-state index contributed by atoms with van der Waals surface area (Å²) in [6.45, 7) is 6.20. The summed E-state index contributed by atoms with van der Waals surface area (Å²) in [6.07, 6.45) is 9.04. The molecule has 1 saturated heterocycles. The predicted molar refractivity (Wildman–Crippen MR) is 99.3 cm³/mol. The largest absolute Gasteiger partial charge is 0.369 e. The number of pyridine rings is 1. The van der Waals surface area contributed by atoms with Crippen LogP contribution in [0.4, 0.5) is 5.69 Å². The summed E-state index contributed by atoms with van der Waals surface area (Å²) in [6, 6.07) is 2.06. The number of aromatic nitrogens is 4. The molecule has 2 aliphatic heterocycles. The molecule has 0 saturated carbocycles. The van der Waals surface area contributed by atoms with Gasteiger partial charge in [-0.25, -0.2) is 0 Å².